The first-order chi connectivity index (χ1) is 16.6. The Bertz CT molecular complexity index is 828. The fourth-order valence-corrected chi connectivity index (χ4v) is 3.40. The molecule has 2 heterocycles. The highest BCUT2D eigenvalue weighted by Gasteiger charge is 2.17. The zero-order chi connectivity index (χ0) is 25.6. The second-order valence-corrected chi connectivity index (χ2v) is 7.48. The first-order valence-electron chi connectivity index (χ1n) is 11.7. The predicted octanol–water partition coefficient (Wildman–Crippen LogP) is 6.99. The predicted molar refractivity (Wildman–Crippen MR) is 149 cm³/mol. The van der Waals surface area contributed by atoms with E-state index < -0.39 is 0 Å². The summed E-state index contributed by atoms with van der Waals surface area (Å²) in [4.78, 5) is 8.83. The number of allylic oxidation sites excluding steroid dienone is 2. The van der Waals surface area contributed by atoms with Crippen LogP contribution in [0.25, 0.3) is 6.08 Å². The molecule has 1 aliphatic rings. The van der Waals surface area contributed by atoms with E-state index in [1.54, 1.807) is 38.8 Å². The quantitative estimate of drug-likeness (QED) is 0.243. The fourth-order valence-electron chi connectivity index (χ4n) is 3.40. The number of methoxy groups -OCH3 is 1. The van der Waals surface area contributed by atoms with Gasteiger partial charge in [-0.1, -0.05) is 37.8 Å². The van der Waals surface area contributed by atoms with Crippen molar-refractivity contribution >= 4 is 23.3 Å². The van der Waals surface area contributed by atoms with E-state index in [9.17, 15) is 0 Å². The average Bonchev–Trinajstić information content (AvgIpc) is 3.14. The van der Waals surface area contributed by atoms with Gasteiger partial charge in [0.25, 0.3) is 0 Å². The molecule has 2 aromatic rings. The summed E-state index contributed by atoms with van der Waals surface area (Å²) in [5.41, 5.74) is 2.98. The summed E-state index contributed by atoms with van der Waals surface area (Å²) in [5, 5.41) is 15.4. The van der Waals surface area contributed by atoms with Crippen molar-refractivity contribution < 1.29 is 4.74 Å². The third-order valence-electron chi connectivity index (χ3n) is 4.79. The van der Waals surface area contributed by atoms with Gasteiger partial charge in [-0.15, -0.1) is 19.7 Å². The minimum Gasteiger partial charge on any atom is -0.388 e. The highest BCUT2D eigenvalue weighted by atomic mass is 16.4. The van der Waals surface area contributed by atoms with E-state index in [4.69, 9.17) is 5.41 Å². The van der Waals surface area contributed by atoms with Crippen LogP contribution in [-0.2, 0) is 4.74 Å². The van der Waals surface area contributed by atoms with Gasteiger partial charge in [0.15, 0.2) is 0 Å². The van der Waals surface area contributed by atoms with Gasteiger partial charge in [0.2, 0.25) is 0 Å². The van der Waals surface area contributed by atoms with Crippen LogP contribution in [0.3, 0.4) is 0 Å². The van der Waals surface area contributed by atoms with Gasteiger partial charge in [0.05, 0.1) is 17.0 Å². The standard InChI is InChI=1S/C21H27N5.C3H6.C2H6O.C2H4/c1-23-19-13-15-25-21(26-17-9-4-2-3-5-10-17)20(19)18(22)12-11-16-8-6-7-14-24-16;2*1-3-2;1-2/h6-8,11-15,17,22H,2-5,9-10H2,1H3,(H2,23,25,26);3H,1H2,2H3;1-2H3;1-2H2/b12-11+,22-18?;;;. The van der Waals surface area contributed by atoms with Crippen molar-refractivity contribution in [1.82, 2.24) is 9.97 Å². The second-order valence-electron chi connectivity index (χ2n) is 7.48. The minimum atomic E-state index is 0.421. The van der Waals surface area contributed by atoms with Gasteiger partial charge < -0.3 is 20.8 Å². The van der Waals surface area contributed by atoms with Crippen LogP contribution in [0.2, 0.25) is 0 Å². The monoisotopic (exact) mass is 465 g/mol. The number of hydrogen-bond acceptors (Lipinski definition) is 6. The molecule has 6 nitrogen and oxygen atoms in total. The summed E-state index contributed by atoms with van der Waals surface area (Å²) in [5.74, 6) is 0.791. The van der Waals surface area contributed by atoms with Crippen molar-refractivity contribution in [2.24, 2.45) is 0 Å². The maximum atomic E-state index is 8.59. The van der Waals surface area contributed by atoms with Crippen LogP contribution >= 0.6 is 0 Å². The lowest BCUT2D eigenvalue weighted by Gasteiger charge is -2.20. The molecular weight excluding hydrogens is 422 g/mol. The third-order valence-corrected chi connectivity index (χ3v) is 4.79. The van der Waals surface area contributed by atoms with Crippen molar-refractivity contribution in [3.8, 4) is 0 Å². The maximum absolute atomic E-state index is 8.59. The largest absolute Gasteiger partial charge is 0.388 e. The van der Waals surface area contributed by atoms with E-state index in [-0.39, 0.29) is 0 Å². The van der Waals surface area contributed by atoms with Gasteiger partial charge in [-0.05, 0) is 50.1 Å². The third kappa shape index (κ3) is 12.1. The van der Waals surface area contributed by atoms with E-state index in [0.29, 0.717) is 11.8 Å². The molecule has 6 heteroatoms. The van der Waals surface area contributed by atoms with E-state index >= 15 is 0 Å². The van der Waals surface area contributed by atoms with Crippen LogP contribution in [0.15, 0.2) is 68.5 Å². The number of aromatic nitrogens is 2. The molecule has 1 fully saturated rings. The summed E-state index contributed by atoms with van der Waals surface area (Å²) < 4.78 is 4.25. The van der Waals surface area contributed by atoms with Crippen LogP contribution in [0.4, 0.5) is 11.5 Å². The molecular formula is C28H43N5O. The first-order valence-corrected chi connectivity index (χ1v) is 11.7. The van der Waals surface area contributed by atoms with E-state index in [1.165, 1.54) is 38.5 Å². The molecule has 0 aromatic carbocycles. The molecule has 1 aliphatic carbocycles. The van der Waals surface area contributed by atoms with Gasteiger partial charge in [0, 0.05) is 45.4 Å². The Morgan fingerprint density at radius 1 is 1.06 bits per heavy atom. The topological polar surface area (TPSA) is 82.9 Å². The normalized spacial score (nSPS) is 12.9. The van der Waals surface area contributed by atoms with Crippen LogP contribution < -0.4 is 10.6 Å². The molecule has 3 rings (SSSR count). The molecule has 0 aliphatic heterocycles. The Labute approximate surface area is 206 Å². The lowest BCUT2D eigenvalue weighted by molar-refractivity contribution is 0.277. The Morgan fingerprint density at radius 2 is 1.68 bits per heavy atom. The maximum Gasteiger partial charge on any atom is 0.137 e. The SMILES string of the molecule is C=C.C=CC.CNc1ccnc(NC2CCCCCC2)c1C(=N)/C=C/c1ccccn1.COC. The van der Waals surface area contributed by atoms with Gasteiger partial charge in [0.1, 0.15) is 5.82 Å². The van der Waals surface area contributed by atoms with Gasteiger partial charge in [-0.2, -0.15) is 0 Å². The fraction of sp³-hybridized carbons (Fsp3) is 0.393. The van der Waals surface area contributed by atoms with E-state index in [1.807, 2.05) is 44.3 Å². The van der Waals surface area contributed by atoms with Crippen LogP contribution in [0.5, 0.6) is 0 Å². The van der Waals surface area contributed by atoms with Crippen molar-refractivity contribution in [1.29, 1.82) is 5.41 Å². The number of anilines is 2. The molecule has 1 saturated carbocycles. The van der Waals surface area contributed by atoms with Gasteiger partial charge >= 0.3 is 0 Å². The summed E-state index contributed by atoms with van der Waals surface area (Å²) >= 11 is 0. The van der Waals surface area contributed by atoms with Gasteiger partial charge in [-0.25, -0.2) is 4.98 Å². The molecule has 0 atom stereocenters. The molecule has 0 radical (unpaired) electrons. The molecule has 186 valence electrons. The lowest BCUT2D eigenvalue weighted by Crippen LogP contribution is -2.21. The Hall–Kier alpha value is -3.25. The Morgan fingerprint density at radius 3 is 2.21 bits per heavy atom. The molecule has 3 N–H and O–H groups in total. The molecule has 34 heavy (non-hydrogen) atoms. The van der Waals surface area contributed by atoms with E-state index in [2.05, 4.69) is 45.1 Å². The number of nitrogens with zero attached hydrogens (tertiary/aromatic N) is 2. The summed E-state index contributed by atoms with van der Waals surface area (Å²) in [7, 11) is 5.13. The minimum absolute atomic E-state index is 0.421. The van der Waals surface area contributed by atoms with Crippen molar-refractivity contribution in [2.45, 2.75) is 51.5 Å². The number of nitrogens with one attached hydrogen (secondary N) is 3. The van der Waals surface area contributed by atoms with Crippen molar-refractivity contribution in [2.75, 3.05) is 31.9 Å². The lowest BCUT2D eigenvalue weighted by atomic mass is 10.1. The molecule has 0 bridgehead atoms. The van der Waals surface area contributed by atoms with Crippen LogP contribution in [-0.4, -0.2) is 43.0 Å². The molecule has 0 spiro atoms. The zero-order valence-electron chi connectivity index (χ0n) is 21.4. The number of rotatable bonds is 6. The number of ether oxygens (including phenoxy) is 1. The molecule has 2 aromatic heterocycles. The summed E-state index contributed by atoms with van der Waals surface area (Å²) in [6.07, 6.45) is 16.4. The highest BCUT2D eigenvalue weighted by Crippen LogP contribution is 2.27. The highest BCUT2D eigenvalue weighted by molar-refractivity contribution is 6.15. The Balaban J connectivity index is 0.00000121. The second kappa shape index (κ2) is 20.4. The van der Waals surface area contributed by atoms with Gasteiger partial charge in [-0.3, -0.25) is 4.98 Å². The number of hydrogen-bond donors (Lipinski definition) is 3. The average molecular weight is 466 g/mol. The van der Waals surface area contributed by atoms with Crippen LogP contribution in [0.1, 0.15) is 56.7 Å². The Kier molecular flexibility index (Phi) is 18.4. The van der Waals surface area contributed by atoms with E-state index in [0.717, 1.165) is 22.8 Å². The van der Waals surface area contributed by atoms with Crippen molar-refractivity contribution in [3.63, 3.8) is 0 Å². The summed E-state index contributed by atoms with van der Waals surface area (Å²) in [6.45, 7) is 11.2. The molecule has 0 amide bonds. The molecule has 0 unspecified atom stereocenters. The molecule has 0 saturated heterocycles. The van der Waals surface area contributed by atoms with Crippen molar-refractivity contribution in [3.05, 3.63) is 79.8 Å². The smallest absolute Gasteiger partial charge is 0.137 e. The number of pyridine rings is 2. The summed E-state index contributed by atoms with van der Waals surface area (Å²) in [6, 6.07) is 8.10. The van der Waals surface area contributed by atoms with Crippen LogP contribution in [0, 0.1) is 5.41 Å². The zero-order valence-corrected chi connectivity index (χ0v) is 21.4. The first kappa shape index (κ1) is 30.8.